The number of ether oxygens (including phenoxy) is 1. The first-order valence-electron chi connectivity index (χ1n) is 6.36. The van der Waals surface area contributed by atoms with Gasteiger partial charge < -0.3 is 9.64 Å². The van der Waals surface area contributed by atoms with Crippen LogP contribution in [-0.4, -0.2) is 37.0 Å². The number of methoxy groups -OCH3 is 1. The van der Waals surface area contributed by atoms with Gasteiger partial charge in [-0.25, -0.2) is 0 Å². The lowest BCUT2D eigenvalue weighted by molar-refractivity contribution is -0.137. The molecule has 0 amide bonds. The van der Waals surface area contributed by atoms with Gasteiger partial charge in [0.2, 0.25) is 0 Å². The summed E-state index contributed by atoms with van der Waals surface area (Å²) >= 11 is 5.84. The van der Waals surface area contributed by atoms with Crippen molar-refractivity contribution in [1.29, 1.82) is 0 Å². The van der Waals surface area contributed by atoms with E-state index in [1.165, 1.54) is 5.56 Å². The molecule has 0 radical (unpaired) electrons. The van der Waals surface area contributed by atoms with Crippen LogP contribution < -0.4 is 0 Å². The van der Waals surface area contributed by atoms with Gasteiger partial charge in [-0.2, -0.15) is 0 Å². The third-order valence-corrected chi connectivity index (χ3v) is 3.52. The molecule has 0 saturated carbocycles. The molecule has 0 bridgehead atoms. The number of halogens is 1. The van der Waals surface area contributed by atoms with Crippen molar-refractivity contribution < 1.29 is 9.53 Å². The second-order valence-corrected chi connectivity index (χ2v) is 5.69. The molecule has 106 valence electrons. The number of hydrogen-bond acceptors (Lipinski definition) is 3. The molecule has 1 rings (SSSR count). The molecule has 1 aromatic rings. The highest BCUT2D eigenvalue weighted by Crippen LogP contribution is 2.13. The fourth-order valence-electron chi connectivity index (χ4n) is 1.69. The Hall–Kier alpha value is -0.900. The predicted octanol–water partition coefficient (Wildman–Crippen LogP) is 3.16. The minimum atomic E-state index is -0.693. The number of carbonyl (C=O) groups excluding carboxylic acids is 1. The van der Waals surface area contributed by atoms with Crippen molar-refractivity contribution >= 4 is 17.4 Å². The van der Waals surface area contributed by atoms with E-state index < -0.39 is 5.60 Å². The fourth-order valence-corrected chi connectivity index (χ4v) is 1.81. The van der Waals surface area contributed by atoms with Crippen LogP contribution in [0.3, 0.4) is 0 Å². The summed E-state index contributed by atoms with van der Waals surface area (Å²) in [5.41, 5.74) is 0.492. The standard InChI is InChI=1S/C15H22ClNO2/c1-15(2,19-4)14(18)9-10-17(3)11-12-5-7-13(16)8-6-12/h5-8H,9-11H2,1-4H3. The lowest BCUT2D eigenvalue weighted by Crippen LogP contribution is -2.36. The minimum absolute atomic E-state index is 0.123. The van der Waals surface area contributed by atoms with Gasteiger partial charge in [-0.1, -0.05) is 23.7 Å². The minimum Gasteiger partial charge on any atom is -0.371 e. The molecule has 0 heterocycles. The number of benzene rings is 1. The van der Waals surface area contributed by atoms with Crippen molar-refractivity contribution in [2.75, 3.05) is 20.7 Å². The molecule has 0 unspecified atom stereocenters. The van der Waals surface area contributed by atoms with Crippen molar-refractivity contribution in [1.82, 2.24) is 4.90 Å². The quantitative estimate of drug-likeness (QED) is 0.770. The van der Waals surface area contributed by atoms with Gasteiger partial charge in [-0.05, 0) is 38.6 Å². The number of carbonyl (C=O) groups is 1. The maximum atomic E-state index is 11.9. The molecule has 0 saturated heterocycles. The van der Waals surface area contributed by atoms with Crippen molar-refractivity contribution in [2.45, 2.75) is 32.4 Å². The van der Waals surface area contributed by atoms with E-state index in [1.807, 2.05) is 31.3 Å². The van der Waals surface area contributed by atoms with Crippen LogP contribution in [0.2, 0.25) is 5.02 Å². The molecule has 0 aliphatic rings. The van der Waals surface area contributed by atoms with Crippen LogP contribution in [0.1, 0.15) is 25.8 Å². The average molecular weight is 284 g/mol. The van der Waals surface area contributed by atoms with Gasteiger partial charge in [0, 0.05) is 31.6 Å². The highest BCUT2D eigenvalue weighted by molar-refractivity contribution is 6.30. The van der Waals surface area contributed by atoms with E-state index >= 15 is 0 Å². The molecule has 0 aliphatic heterocycles. The SMILES string of the molecule is COC(C)(C)C(=O)CCN(C)Cc1ccc(Cl)cc1. The lowest BCUT2D eigenvalue weighted by Gasteiger charge is -2.23. The molecule has 0 atom stereocenters. The molecule has 19 heavy (non-hydrogen) atoms. The first kappa shape index (κ1) is 16.2. The Kier molecular flexibility index (Phi) is 5.98. The molecule has 1 aromatic carbocycles. The van der Waals surface area contributed by atoms with Gasteiger partial charge in [0.15, 0.2) is 5.78 Å². The topological polar surface area (TPSA) is 29.5 Å². The summed E-state index contributed by atoms with van der Waals surface area (Å²) in [6.45, 7) is 5.12. The molecular formula is C15H22ClNO2. The van der Waals surface area contributed by atoms with Crippen molar-refractivity contribution in [2.24, 2.45) is 0 Å². The maximum absolute atomic E-state index is 11.9. The number of hydrogen-bond donors (Lipinski definition) is 0. The van der Waals surface area contributed by atoms with E-state index in [9.17, 15) is 4.79 Å². The molecular weight excluding hydrogens is 262 g/mol. The highest BCUT2D eigenvalue weighted by atomic mass is 35.5. The smallest absolute Gasteiger partial charge is 0.165 e. The zero-order chi connectivity index (χ0) is 14.5. The Labute approximate surface area is 120 Å². The summed E-state index contributed by atoms with van der Waals surface area (Å²) in [6, 6.07) is 7.76. The van der Waals surface area contributed by atoms with Gasteiger partial charge in [-0.15, -0.1) is 0 Å². The van der Waals surface area contributed by atoms with Crippen LogP contribution in [0.15, 0.2) is 24.3 Å². The first-order valence-corrected chi connectivity index (χ1v) is 6.74. The number of Topliss-reactive ketones (excluding diaryl/α,β-unsaturated/α-hetero) is 1. The van der Waals surface area contributed by atoms with Gasteiger partial charge in [0.1, 0.15) is 5.60 Å². The van der Waals surface area contributed by atoms with E-state index in [2.05, 4.69) is 4.90 Å². The molecule has 3 nitrogen and oxygen atoms in total. The summed E-state index contributed by atoms with van der Waals surface area (Å²) < 4.78 is 5.18. The third-order valence-electron chi connectivity index (χ3n) is 3.27. The number of nitrogens with zero attached hydrogens (tertiary/aromatic N) is 1. The zero-order valence-electron chi connectivity index (χ0n) is 12.1. The van der Waals surface area contributed by atoms with Crippen LogP contribution in [0.25, 0.3) is 0 Å². The normalized spacial score (nSPS) is 11.9. The molecule has 0 fully saturated rings. The summed E-state index contributed by atoms with van der Waals surface area (Å²) in [4.78, 5) is 14.0. The Balaban J connectivity index is 2.42. The Morgan fingerprint density at radius 1 is 1.32 bits per heavy atom. The number of ketones is 1. The maximum Gasteiger partial charge on any atom is 0.165 e. The van der Waals surface area contributed by atoms with Gasteiger partial charge in [0.25, 0.3) is 0 Å². The van der Waals surface area contributed by atoms with Crippen LogP contribution >= 0.6 is 11.6 Å². The molecule has 0 aromatic heterocycles. The lowest BCUT2D eigenvalue weighted by atomic mass is 10.0. The van der Waals surface area contributed by atoms with Crippen LogP contribution in [0.5, 0.6) is 0 Å². The van der Waals surface area contributed by atoms with E-state index in [4.69, 9.17) is 16.3 Å². The first-order chi connectivity index (χ1) is 8.85. The molecule has 0 spiro atoms. The Bertz CT molecular complexity index is 415. The van der Waals surface area contributed by atoms with Crippen LogP contribution in [-0.2, 0) is 16.1 Å². The summed E-state index contributed by atoms with van der Waals surface area (Å²) in [5, 5.41) is 0.739. The zero-order valence-corrected chi connectivity index (χ0v) is 12.8. The average Bonchev–Trinajstić information content (AvgIpc) is 2.38. The fraction of sp³-hybridized carbons (Fsp3) is 0.533. The molecule has 0 N–H and O–H groups in total. The van der Waals surface area contributed by atoms with E-state index in [0.717, 1.165) is 11.6 Å². The van der Waals surface area contributed by atoms with E-state index in [1.54, 1.807) is 21.0 Å². The summed E-state index contributed by atoms with van der Waals surface area (Å²) in [7, 11) is 3.57. The number of rotatable bonds is 7. The van der Waals surface area contributed by atoms with Crippen LogP contribution in [0, 0.1) is 0 Å². The Morgan fingerprint density at radius 2 is 1.89 bits per heavy atom. The van der Waals surface area contributed by atoms with Gasteiger partial charge in [-0.3, -0.25) is 4.79 Å². The van der Waals surface area contributed by atoms with Crippen LogP contribution in [0.4, 0.5) is 0 Å². The summed E-state index contributed by atoms with van der Waals surface area (Å²) in [5.74, 6) is 0.123. The summed E-state index contributed by atoms with van der Waals surface area (Å²) in [6.07, 6.45) is 0.491. The van der Waals surface area contributed by atoms with E-state index in [0.29, 0.717) is 13.0 Å². The van der Waals surface area contributed by atoms with Gasteiger partial charge in [0.05, 0.1) is 0 Å². The van der Waals surface area contributed by atoms with Gasteiger partial charge >= 0.3 is 0 Å². The predicted molar refractivity (Wildman–Crippen MR) is 78.5 cm³/mol. The van der Waals surface area contributed by atoms with Crippen molar-refractivity contribution in [3.63, 3.8) is 0 Å². The third kappa shape index (κ3) is 5.31. The monoisotopic (exact) mass is 283 g/mol. The molecule has 0 aliphatic carbocycles. The van der Waals surface area contributed by atoms with Crippen molar-refractivity contribution in [3.8, 4) is 0 Å². The second-order valence-electron chi connectivity index (χ2n) is 5.25. The largest absolute Gasteiger partial charge is 0.371 e. The Morgan fingerprint density at radius 3 is 2.42 bits per heavy atom. The van der Waals surface area contributed by atoms with E-state index in [-0.39, 0.29) is 5.78 Å². The second kappa shape index (κ2) is 7.04. The van der Waals surface area contributed by atoms with Crippen molar-refractivity contribution in [3.05, 3.63) is 34.9 Å². The molecule has 4 heteroatoms. The highest BCUT2D eigenvalue weighted by Gasteiger charge is 2.26.